The van der Waals surface area contributed by atoms with Gasteiger partial charge in [0.2, 0.25) is 5.91 Å². The fraction of sp³-hybridized carbons (Fsp3) is 0.308. The number of hydrogen-bond acceptors (Lipinski definition) is 2. The van der Waals surface area contributed by atoms with E-state index in [0.29, 0.717) is 6.54 Å². The van der Waals surface area contributed by atoms with Gasteiger partial charge in [-0.15, -0.1) is 0 Å². The molecule has 84 valence electrons. The van der Waals surface area contributed by atoms with E-state index >= 15 is 0 Å². The van der Waals surface area contributed by atoms with Crippen LogP contribution in [0.4, 0.5) is 0 Å². The molecule has 0 fully saturated rings. The van der Waals surface area contributed by atoms with Crippen LogP contribution < -0.4 is 5.32 Å². The molecule has 2 rings (SSSR count). The molecule has 1 aromatic rings. The molecule has 0 aliphatic heterocycles. The second-order valence-electron chi connectivity index (χ2n) is 3.88. The third kappa shape index (κ3) is 2.08. The SMILES string of the molecule is COC1=CCc2ccc(CNC(C)=O)cc21. The third-order valence-corrected chi connectivity index (χ3v) is 2.71. The standard InChI is InChI=1S/C13H15NO2/c1-9(15)14-8-10-3-4-11-5-6-13(16-2)12(11)7-10/h3-4,6-7H,5,8H2,1-2H3,(H,14,15). The molecule has 0 saturated heterocycles. The summed E-state index contributed by atoms with van der Waals surface area (Å²) in [7, 11) is 1.68. The van der Waals surface area contributed by atoms with Gasteiger partial charge in [0.25, 0.3) is 0 Å². The van der Waals surface area contributed by atoms with Gasteiger partial charge in [-0.1, -0.05) is 12.1 Å². The number of carbonyl (C=O) groups is 1. The van der Waals surface area contributed by atoms with Crippen molar-refractivity contribution in [2.75, 3.05) is 7.11 Å². The number of hydrogen-bond donors (Lipinski definition) is 1. The topological polar surface area (TPSA) is 38.3 Å². The molecule has 0 unspecified atom stereocenters. The van der Waals surface area contributed by atoms with Gasteiger partial charge in [0, 0.05) is 19.0 Å². The summed E-state index contributed by atoms with van der Waals surface area (Å²) in [5.41, 5.74) is 3.52. The summed E-state index contributed by atoms with van der Waals surface area (Å²) in [6.07, 6.45) is 3.01. The van der Waals surface area contributed by atoms with Crippen LogP contribution in [0.15, 0.2) is 24.3 Å². The molecule has 0 heterocycles. The monoisotopic (exact) mass is 217 g/mol. The Labute approximate surface area is 95.1 Å². The maximum absolute atomic E-state index is 10.8. The lowest BCUT2D eigenvalue weighted by Gasteiger charge is -2.08. The molecule has 0 spiro atoms. The first-order valence-electron chi connectivity index (χ1n) is 5.31. The van der Waals surface area contributed by atoms with Crippen LogP contribution in [-0.2, 0) is 22.5 Å². The molecule has 16 heavy (non-hydrogen) atoms. The highest BCUT2D eigenvalue weighted by molar-refractivity contribution is 5.73. The molecular weight excluding hydrogens is 202 g/mol. The van der Waals surface area contributed by atoms with Gasteiger partial charge >= 0.3 is 0 Å². The summed E-state index contributed by atoms with van der Waals surface area (Å²) >= 11 is 0. The number of carbonyl (C=O) groups excluding carboxylic acids is 1. The Hall–Kier alpha value is -1.77. The number of benzene rings is 1. The van der Waals surface area contributed by atoms with Gasteiger partial charge in [-0.25, -0.2) is 0 Å². The lowest BCUT2D eigenvalue weighted by molar-refractivity contribution is -0.119. The molecule has 1 aliphatic carbocycles. The van der Waals surface area contributed by atoms with Crippen LogP contribution in [0.1, 0.15) is 23.6 Å². The summed E-state index contributed by atoms with van der Waals surface area (Å²) in [6.45, 7) is 2.09. The molecule has 0 saturated carbocycles. The number of amides is 1. The molecule has 1 aliphatic rings. The summed E-state index contributed by atoms with van der Waals surface area (Å²) in [5.74, 6) is 0.919. The molecule has 0 aromatic heterocycles. The molecule has 3 nitrogen and oxygen atoms in total. The molecule has 0 bridgehead atoms. The van der Waals surface area contributed by atoms with Crippen LogP contribution in [0, 0.1) is 0 Å². The average molecular weight is 217 g/mol. The van der Waals surface area contributed by atoms with Gasteiger partial charge in [0.1, 0.15) is 5.76 Å². The maximum Gasteiger partial charge on any atom is 0.217 e. The first-order chi connectivity index (χ1) is 7.70. The molecule has 3 heteroatoms. The third-order valence-electron chi connectivity index (χ3n) is 2.71. The Bertz CT molecular complexity index is 449. The fourth-order valence-corrected chi connectivity index (χ4v) is 1.87. The Morgan fingerprint density at radius 3 is 3.00 bits per heavy atom. The fourth-order valence-electron chi connectivity index (χ4n) is 1.87. The van der Waals surface area contributed by atoms with Crippen LogP contribution >= 0.6 is 0 Å². The van der Waals surface area contributed by atoms with Gasteiger partial charge in [-0.2, -0.15) is 0 Å². The van der Waals surface area contributed by atoms with Crippen molar-refractivity contribution in [1.29, 1.82) is 0 Å². The van der Waals surface area contributed by atoms with Crippen molar-refractivity contribution in [3.05, 3.63) is 41.0 Å². The lowest BCUT2D eigenvalue weighted by atomic mass is 10.1. The minimum absolute atomic E-state index is 0.0111. The molecule has 1 aromatic carbocycles. The first-order valence-corrected chi connectivity index (χ1v) is 5.31. The van der Waals surface area contributed by atoms with Gasteiger partial charge in [-0.05, 0) is 29.7 Å². The maximum atomic E-state index is 10.8. The Balaban J connectivity index is 2.18. The van der Waals surface area contributed by atoms with Crippen molar-refractivity contribution in [3.63, 3.8) is 0 Å². The van der Waals surface area contributed by atoms with Gasteiger partial charge < -0.3 is 10.1 Å². The van der Waals surface area contributed by atoms with E-state index in [0.717, 1.165) is 23.3 Å². The van der Waals surface area contributed by atoms with Gasteiger partial charge in [-0.3, -0.25) is 4.79 Å². The van der Waals surface area contributed by atoms with E-state index in [-0.39, 0.29) is 5.91 Å². The normalized spacial score (nSPS) is 13.0. The van der Waals surface area contributed by atoms with Crippen molar-refractivity contribution >= 4 is 11.7 Å². The van der Waals surface area contributed by atoms with Crippen LogP contribution in [0.2, 0.25) is 0 Å². The summed E-state index contributed by atoms with van der Waals surface area (Å²) in [6, 6.07) is 6.21. The Morgan fingerprint density at radius 2 is 2.31 bits per heavy atom. The average Bonchev–Trinajstić information content (AvgIpc) is 2.68. The first kappa shape index (κ1) is 10.7. The number of ether oxygens (including phenoxy) is 1. The highest BCUT2D eigenvalue weighted by atomic mass is 16.5. The number of allylic oxidation sites excluding steroid dienone is 1. The van der Waals surface area contributed by atoms with Crippen molar-refractivity contribution in [2.24, 2.45) is 0 Å². The van der Waals surface area contributed by atoms with E-state index in [9.17, 15) is 4.79 Å². The number of nitrogens with one attached hydrogen (secondary N) is 1. The van der Waals surface area contributed by atoms with Crippen LogP contribution in [-0.4, -0.2) is 13.0 Å². The Morgan fingerprint density at radius 1 is 1.50 bits per heavy atom. The van der Waals surface area contributed by atoms with E-state index in [1.54, 1.807) is 7.11 Å². The number of methoxy groups -OCH3 is 1. The molecule has 0 atom stereocenters. The molecule has 1 N–H and O–H groups in total. The van der Waals surface area contributed by atoms with Crippen molar-refractivity contribution in [2.45, 2.75) is 19.9 Å². The zero-order chi connectivity index (χ0) is 11.5. The van der Waals surface area contributed by atoms with Crippen LogP contribution in [0.25, 0.3) is 5.76 Å². The second-order valence-corrected chi connectivity index (χ2v) is 3.88. The summed E-state index contributed by atoms with van der Waals surface area (Å²) in [5, 5.41) is 2.79. The summed E-state index contributed by atoms with van der Waals surface area (Å²) < 4.78 is 5.29. The van der Waals surface area contributed by atoms with E-state index in [1.165, 1.54) is 12.5 Å². The predicted molar refractivity (Wildman–Crippen MR) is 62.7 cm³/mol. The molecule has 1 amide bonds. The predicted octanol–water partition coefficient (Wildman–Crippen LogP) is 1.87. The van der Waals surface area contributed by atoms with E-state index in [1.807, 2.05) is 6.07 Å². The van der Waals surface area contributed by atoms with E-state index in [2.05, 4.69) is 23.5 Å². The summed E-state index contributed by atoms with van der Waals surface area (Å²) in [4.78, 5) is 10.8. The van der Waals surface area contributed by atoms with Gasteiger partial charge in [0.05, 0.1) is 7.11 Å². The van der Waals surface area contributed by atoms with E-state index < -0.39 is 0 Å². The highest BCUT2D eigenvalue weighted by Gasteiger charge is 2.14. The second kappa shape index (κ2) is 4.39. The minimum atomic E-state index is -0.0111. The Kier molecular flexibility index (Phi) is 2.95. The minimum Gasteiger partial charge on any atom is -0.496 e. The highest BCUT2D eigenvalue weighted by Crippen LogP contribution is 2.28. The quantitative estimate of drug-likeness (QED) is 0.839. The number of fused-ring (bicyclic) bond motifs is 1. The zero-order valence-electron chi connectivity index (χ0n) is 9.54. The van der Waals surface area contributed by atoms with Gasteiger partial charge in [0.15, 0.2) is 0 Å². The smallest absolute Gasteiger partial charge is 0.217 e. The van der Waals surface area contributed by atoms with Crippen molar-refractivity contribution in [1.82, 2.24) is 5.32 Å². The largest absolute Gasteiger partial charge is 0.496 e. The lowest BCUT2D eigenvalue weighted by Crippen LogP contribution is -2.18. The van der Waals surface area contributed by atoms with E-state index in [4.69, 9.17) is 4.74 Å². The molecule has 0 radical (unpaired) electrons. The van der Waals surface area contributed by atoms with Crippen molar-refractivity contribution < 1.29 is 9.53 Å². The zero-order valence-corrected chi connectivity index (χ0v) is 9.54. The molecular formula is C13H15NO2. The van der Waals surface area contributed by atoms with Crippen LogP contribution in [0.5, 0.6) is 0 Å². The van der Waals surface area contributed by atoms with Crippen LogP contribution in [0.3, 0.4) is 0 Å². The number of rotatable bonds is 3. The van der Waals surface area contributed by atoms with Crippen molar-refractivity contribution in [3.8, 4) is 0 Å².